The van der Waals surface area contributed by atoms with Crippen molar-refractivity contribution >= 4 is 0 Å². The molecule has 0 amide bonds. The predicted octanol–water partition coefficient (Wildman–Crippen LogP) is -3.56. The van der Waals surface area contributed by atoms with E-state index in [0.29, 0.717) is 6.61 Å². The summed E-state index contributed by atoms with van der Waals surface area (Å²) in [6.45, 7) is 6.19. The topological polar surface area (TPSA) is 41.3 Å². The van der Waals surface area contributed by atoms with Gasteiger partial charge in [0.15, 0.2) is 0 Å². The predicted molar refractivity (Wildman–Crippen MR) is 34.3 cm³/mol. The fraction of sp³-hybridized carbons (Fsp3) is 1.00. The number of quaternary nitrogens is 2. The van der Waals surface area contributed by atoms with Crippen molar-refractivity contribution in [2.24, 2.45) is 0 Å². The summed E-state index contributed by atoms with van der Waals surface area (Å²) in [5.41, 5.74) is 0. The first-order valence-electron chi connectivity index (χ1n) is 3.69. The van der Waals surface area contributed by atoms with Crippen LogP contribution in [0.15, 0.2) is 0 Å². The van der Waals surface area contributed by atoms with Crippen LogP contribution < -0.4 is 10.2 Å². The molecule has 0 aromatic heterocycles. The highest BCUT2D eigenvalue weighted by Crippen LogP contribution is 1.53. The molecule has 0 aromatic rings. The molecule has 0 spiro atoms. The molecule has 0 aromatic carbocycles. The lowest BCUT2D eigenvalue weighted by Crippen LogP contribution is -3.20. The standard InChI is InChI=1S/C6H14N2O/c9-6-5-8-3-1-7-2-4-8/h7,9H,1-6H2/p+2. The zero-order valence-electron chi connectivity index (χ0n) is 5.77. The van der Waals surface area contributed by atoms with E-state index in [0.717, 1.165) is 6.54 Å². The second-order valence-electron chi connectivity index (χ2n) is 2.59. The van der Waals surface area contributed by atoms with Gasteiger partial charge in [-0.25, -0.2) is 0 Å². The highest BCUT2D eigenvalue weighted by molar-refractivity contribution is 4.32. The first-order chi connectivity index (χ1) is 4.43. The summed E-state index contributed by atoms with van der Waals surface area (Å²) in [4.78, 5) is 1.56. The number of nitrogens with one attached hydrogen (secondary N) is 1. The molecule has 9 heavy (non-hydrogen) atoms. The molecule has 1 heterocycles. The van der Waals surface area contributed by atoms with Gasteiger partial charge in [0.05, 0.1) is 6.61 Å². The Balaban J connectivity index is 2.08. The van der Waals surface area contributed by atoms with E-state index in [4.69, 9.17) is 5.11 Å². The molecule has 0 atom stereocenters. The fourth-order valence-corrected chi connectivity index (χ4v) is 1.29. The van der Waals surface area contributed by atoms with Crippen molar-refractivity contribution in [1.82, 2.24) is 0 Å². The normalized spacial score (nSPS) is 22.3. The Bertz CT molecular complexity index is 68.7. The first kappa shape index (κ1) is 6.99. The van der Waals surface area contributed by atoms with Gasteiger partial charge >= 0.3 is 0 Å². The third kappa shape index (κ3) is 2.30. The number of aliphatic hydroxyl groups excluding tert-OH is 1. The van der Waals surface area contributed by atoms with Crippen LogP contribution in [-0.2, 0) is 0 Å². The van der Waals surface area contributed by atoms with Crippen molar-refractivity contribution in [3.63, 3.8) is 0 Å². The second-order valence-corrected chi connectivity index (χ2v) is 2.59. The van der Waals surface area contributed by atoms with Crippen LogP contribution in [-0.4, -0.2) is 44.4 Å². The van der Waals surface area contributed by atoms with Crippen LogP contribution >= 0.6 is 0 Å². The second kappa shape index (κ2) is 3.82. The van der Waals surface area contributed by atoms with E-state index >= 15 is 0 Å². The minimum absolute atomic E-state index is 0.343. The van der Waals surface area contributed by atoms with Crippen LogP contribution in [0.5, 0.6) is 0 Å². The van der Waals surface area contributed by atoms with Crippen LogP contribution in [0.2, 0.25) is 0 Å². The van der Waals surface area contributed by atoms with E-state index in [1.807, 2.05) is 0 Å². The average molecular weight is 132 g/mol. The van der Waals surface area contributed by atoms with Crippen molar-refractivity contribution in [2.75, 3.05) is 39.3 Å². The summed E-state index contributed by atoms with van der Waals surface area (Å²) in [7, 11) is 0. The quantitative estimate of drug-likeness (QED) is 0.358. The Kier molecular flexibility index (Phi) is 2.97. The maximum Gasteiger partial charge on any atom is 0.127 e. The largest absolute Gasteiger partial charge is 0.391 e. The van der Waals surface area contributed by atoms with Gasteiger partial charge in [0, 0.05) is 0 Å². The fourth-order valence-electron chi connectivity index (χ4n) is 1.29. The SMILES string of the molecule is OCC[NH+]1CC[NH2+]CC1. The number of rotatable bonds is 2. The number of nitrogens with two attached hydrogens (primary N) is 1. The van der Waals surface area contributed by atoms with Gasteiger partial charge in [0.1, 0.15) is 32.7 Å². The molecule has 54 valence electrons. The Morgan fingerprint density at radius 1 is 1.33 bits per heavy atom. The average Bonchev–Trinajstić information content (AvgIpc) is 1.91. The zero-order chi connectivity index (χ0) is 6.53. The van der Waals surface area contributed by atoms with Gasteiger partial charge in [-0.15, -0.1) is 0 Å². The Hall–Kier alpha value is -0.120. The van der Waals surface area contributed by atoms with Gasteiger partial charge in [0.25, 0.3) is 0 Å². The summed E-state index contributed by atoms with van der Waals surface area (Å²) in [5, 5.41) is 10.9. The lowest BCUT2D eigenvalue weighted by atomic mass is 10.4. The van der Waals surface area contributed by atoms with Crippen molar-refractivity contribution in [3.8, 4) is 0 Å². The summed E-state index contributed by atoms with van der Waals surface area (Å²) in [5.74, 6) is 0. The van der Waals surface area contributed by atoms with E-state index in [1.54, 1.807) is 4.90 Å². The van der Waals surface area contributed by atoms with Crippen molar-refractivity contribution in [1.29, 1.82) is 0 Å². The maximum absolute atomic E-state index is 8.59. The van der Waals surface area contributed by atoms with Gasteiger partial charge in [-0.1, -0.05) is 0 Å². The first-order valence-corrected chi connectivity index (χ1v) is 3.69. The van der Waals surface area contributed by atoms with E-state index < -0.39 is 0 Å². The Labute approximate surface area is 55.7 Å². The van der Waals surface area contributed by atoms with Crippen LogP contribution in [0.3, 0.4) is 0 Å². The highest BCUT2D eigenvalue weighted by atomic mass is 16.3. The third-order valence-corrected chi connectivity index (χ3v) is 1.87. The molecular weight excluding hydrogens is 116 g/mol. The summed E-state index contributed by atoms with van der Waals surface area (Å²) in [6, 6.07) is 0. The molecular formula is C6H16N2O+2. The summed E-state index contributed by atoms with van der Waals surface area (Å²) >= 11 is 0. The smallest absolute Gasteiger partial charge is 0.127 e. The van der Waals surface area contributed by atoms with Gasteiger partial charge in [0.2, 0.25) is 0 Å². The lowest BCUT2D eigenvalue weighted by Gasteiger charge is -2.20. The molecule has 1 saturated heterocycles. The summed E-state index contributed by atoms with van der Waals surface area (Å²) in [6.07, 6.45) is 0. The molecule has 1 aliphatic heterocycles. The highest BCUT2D eigenvalue weighted by Gasteiger charge is 2.13. The van der Waals surface area contributed by atoms with Crippen LogP contribution in [0.4, 0.5) is 0 Å². The van der Waals surface area contributed by atoms with Crippen LogP contribution in [0, 0.1) is 0 Å². The van der Waals surface area contributed by atoms with E-state index in [2.05, 4.69) is 5.32 Å². The van der Waals surface area contributed by atoms with Gasteiger partial charge in [-0.3, -0.25) is 0 Å². The maximum atomic E-state index is 8.59. The summed E-state index contributed by atoms with van der Waals surface area (Å²) < 4.78 is 0. The van der Waals surface area contributed by atoms with Crippen molar-refractivity contribution in [2.45, 2.75) is 0 Å². The molecule has 0 saturated carbocycles. The third-order valence-electron chi connectivity index (χ3n) is 1.87. The zero-order valence-corrected chi connectivity index (χ0v) is 5.77. The Morgan fingerprint density at radius 3 is 2.56 bits per heavy atom. The van der Waals surface area contributed by atoms with E-state index in [9.17, 15) is 0 Å². The molecule has 0 bridgehead atoms. The molecule has 3 heteroatoms. The molecule has 0 unspecified atom stereocenters. The van der Waals surface area contributed by atoms with Gasteiger partial charge in [-0.05, 0) is 0 Å². The van der Waals surface area contributed by atoms with Crippen LogP contribution in [0.1, 0.15) is 0 Å². The minimum Gasteiger partial charge on any atom is -0.391 e. The van der Waals surface area contributed by atoms with Gasteiger partial charge < -0.3 is 15.3 Å². The number of hydrogen-bond acceptors (Lipinski definition) is 1. The lowest BCUT2D eigenvalue weighted by molar-refractivity contribution is -0.946. The Morgan fingerprint density at radius 2 is 2.00 bits per heavy atom. The number of hydrogen-bond donors (Lipinski definition) is 3. The molecule has 1 fully saturated rings. The minimum atomic E-state index is 0.343. The molecule has 0 aliphatic carbocycles. The van der Waals surface area contributed by atoms with Gasteiger partial charge in [-0.2, -0.15) is 0 Å². The molecule has 4 N–H and O–H groups in total. The van der Waals surface area contributed by atoms with Crippen LogP contribution in [0.25, 0.3) is 0 Å². The molecule has 3 nitrogen and oxygen atoms in total. The number of piperazine rings is 1. The van der Waals surface area contributed by atoms with Crippen molar-refractivity contribution < 1.29 is 15.3 Å². The molecule has 0 radical (unpaired) electrons. The molecule has 1 rings (SSSR count). The van der Waals surface area contributed by atoms with E-state index in [-0.39, 0.29) is 0 Å². The van der Waals surface area contributed by atoms with E-state index in [1.165, 1.54) is 26.2 Å². The number of aliphatic hydroxyl groups is 1. The molecule has 1 aliphatic rings. The van der Waals surface area contributed by atoms with Crippen molar-refractivity contribution in [3.05, 3.63) is 0 Å². The monoisotopic (exact) mass is 132 g/mol.